The van der Waals surface area contributed by atoms with E-state index < -0.39 is 6.83 Å². The van der Waals surface area contributed by atoms with Crippen molar-refractivity contribution in [3.05, 3.63) is 0 Å². The van der Waals surface area contributed by atoms with Crippen LogP contribution in [0.5, 0.6) is 0 Å². The van der Waals surface area contributed by atoms with Crippen LogP contribution in [0.4, 0.5) is 0 Å². The Labute approximate surface area is 141 Å². The van der Waals surface area contributed by atoms with Crippen molar-refractivity contribution in [3.63, 3.8) is 0 Å². The van der Waals surface area contributed by atoms with Gasteiger partial charge >= 0.3 is 141 Å². The van der Waals surface area contributed by atoms with Gasteiger partial charge in [-0.05, 0) is 0 Å². The molecule has 0 aliphatic carbocycles. The van der Waals surface area contributed by atoms with E-state index in [0.717, 1.165) is 24.6 Å². The van der Waals surface area contributed by atoms with Gasteiger partial charge in [-0.3, -0.25) is 0 Å². The van der Waals surface area contributed by atoms with Gasteiger partial charge in [-0.1, -0.05) is 0 Å². The average Bonchev–Trinajstić information content (AvgIpc) is 2.53. The second-order valence-electron chi connectivity index (χ2n) is 7.63. The summed E-state index contributed by atoms with van der Waals surface area (Å²) >= 11 is 0. The molecule has 0 amide bonds. The Balaban J connectivity index is 4.79. The minimum absolute atomic E-state index is 1.15. The van der Waals surface area contributed by atoms with E-state index in [1.165, 1.54) is 77.0 Å². The van der Waals surface area contributed by atoms with E-state index in [9.17, 15) is 4.89 Å². The normalized spacial score (nSPS) is 14.0. The molecular weight excluding hydrogens is 287 g/mol. The molecule has 0 aliphatic heterocycles. The molecule has 0 atom stereocenters. The van der Waals surface area contributed by atoms with Gasteiger partial charge < -0.3 is 0 Å². The Kier molecular flexibility index (Phi) is 13.0. The van der Waals surface area contributed by atoms with Crippen molar-refractivity contribution in [2.45, 2.75) is 105 Å². The van der Waals surface area contributed by atoms with Crippen molar-refractivity contribution in [2.75, 3.05) is 24.6 Å². The van der Waals surface area contributed by atoms with Gasteiger partial charge in [0.2, 0.25) is 0 Å². The zero-order chi connectivity index (χ0) is 16.8. The van der Waals surface area contributed by atoms with Crippen LogP contribution >= 0.6 is 6.83 Å². The number of hydrogen-bond acceptors (Lipinski definition) is 1. The average molecular weight is 333 g/mol. The molecule has 0 unspecified atom stereocenters. The second kappa shape index (κ2) is 12.8. The van der Waals surface area contributed by atoms with Crippen LogP contribution in [-0.2, 0) is 0 Å². The maximum absolute atomic E-state index is 12.0. The van der Waals surface area contributed by atoms with Gasteiger partial charge in [0.1, 0.15) is 0 Å². The summed E-state index contributed by atoms with van der Waals surface area (Å²) in [5.74, 6) is 0. The maximum atomic E-state index is 12.0. The standard InChI is InChI=1S/C20H45OP/c1-5-9-13-15-19-22(21,17-11-7-3,18-12-8-4)20-16-14-10-6-2/h21H,5-20H2,1-4H3. The molecule has 2 heteroatoms. The quantitative estimate of drug-likeness (QED) is 0.234. The predicted octanol–water partition coefficient (Wildman–Crippen LogP) is 7.21. The summed E-state index contributed by atoms with van der Waals surface area (Å²) in [7, 11) is 0. The SMILES string of the molecule is CCCCCCP(O)(CCCC)(CCCC)CCCCCC. The molecule has 1 N–H and O–H groups in total. The van der Waals surface area contributed by atoms with Crippen LogP contribution in [0.3, 0.4) is 0 Å². The zero-order valence-corrected chi connectivity index (χ0v) is 17.1. The van der Waals surface area contributed by atoms with E-state index in [-0.39, 0.29) is 0 Å². The third kappa shape index (κ3) is 9.51. The first kappa shape index (κ1) is 22.4. The van der Waals surface area contributed by atoms with Crippen LogP contribution in [0, 0.1) is 0 Å². The van der Waals surface area contributed by atoms with Gasteiger partial charge in [0.15, 0.2) is 0 Å². The van der Waals surface area contributed by atoms with Gasteiger partial charge in [0.05, 0.1) is 0 Å². The summed E-state index contributed by atoms with van der Waals surface area (Å²) in [5.41, 5.74) is 0. The Morgan fingerprint density at radius 3 is 1.09 bits per heavy atom. The van der Waals surface area contributed by atoms with E-state index in [4.69, 9.17) is 0 Å². The van der Waals surface area contributed by atoms with E-state index in [1.54, 1.807) is 0 Å². The van der Waals surface area contributed by atoms with E-state index in [2.05, 4.69) is 27.7 Å². The molecule has 136 valence electrons. The van der Waals surface area contributed by atoms with Crippen molar-refractivity contribution < 1.29 is 4.89 Å². The van der Waals surface area contributed by atoms with Crippen LogP contribution in [0.15, 0.2) is 0 Å². The second-order valence-corrected chi connectivity index (χ2v) is 13.2. The third-order valence-electron chi connectivity index (χ3n) is 5.34. The molecule has 22 heavy (non-hydrogen) atoms. The summed E-state index contributed by atoms with van der Waals surface area (Å²) in [4.78, 5) is 12.0. The van der Waals surface area contributed by atoms with Crippen LogP contribution in [0.1, 0.15) is 105 Å². The molecule has 0 fully saturated rings. The fraction of sp³-hybridized carbons (Fsp3) is 1.00. The van der Waals surface area contributed by atoms with Crippen molar-refractivity contribution >= 4 is 6.83 Å². The first-order chi connectivity index (χ1) is 10.5. The van der Waals surface area contributed by atoms with Gasteiger partial charge in [0.25, 0.3) is 0 Å². The van der Waals surface area contributed by atoms with Gasteiger partial charge in [0, 0.05) is 0 Å². The topological polar surface area (TPSA) is 20.2 Å². The molecule has 0 aliphatic rings. The molecule has 0 saturated carbocycles. The Hall–Kier alpha value is 0.390. The van der Waals surface area contributed by atoms with Gasteiger partial charge in [-0.15, -0.1) is 0 Å². The fourth-order valence-electron chi connectivity index (χ4n) is 3.69. The predicted molar refractivity (Wildman–Crippen MR) is 107 cm³/mol. The molecule has 0 aromatic carbocycles. The molecule has 0 aromatic rings. The fourth-order valence-corrected chi connectivity index (χ4v) is 9.36. The first-order valence-electron chi connectivity index (χ1n) is 10.3. The molecule has 0 saturated heterocycles. The molecule has 0 heterocycles. The van der Waals surface area contributed by atoms with Gasteiger partial charge in [-0.2, -0.15) is 0 Å². The molecule has 0 spiro atoms. The number of unbranched alkanes of at least 4 members (excludes halogenated alkanes) is 8. The van der Waals surface area contributed by atoms with Crippen molar-refractivity contribution in [1.82, 2.24) is 0 Å². The van der Waals surface area contributed by atoms with Crippen LogP contribution in [0.25, 0.3) is 0 Å². The summed E-state index contributed by atoms with van der Waals surface area (Å²) in [6.45, 7) is 6.67. The van der Waals surface area contributed by atoms with E-state index in [1.807, 2.05) is 0 Å². The van der Waals surface area contributed by atoms with E-state index in [0.29, 0.717) is 0 Å². The summed E-state index contributed by atoms with van der Waals surface area (Å²) in [5, 5.41) is 0. The zero-order valence-electron chi connectivity index (χ0n) is 16.2. The van der Waals surface area contributed by atoms with Crippen molar-refractivity contribution in [1.29, 1.82) is 0 Å². The monoisotopic (exact) mass is 332 g/mol. The molecule has 0 radical (unpaired) electrons. The molecular formula is C20H45OP. The first-order valence-corrected chi connectivity index (χ1v) is 13.2. The Morgan fingerprint density at radius 1 is 0.455 bits per heavy atom. The molecule has 0 rings (SSSR count). The summed E-state index contributed by atoms with van der Waals surface area (Å²) in [6.07, 6.45) is 20.0. The molecule has 0 aromatic heterocycles. The number of rotatable bonds is 16. The van der Waals surface area contributed by atoms with Crippen LogP contribution < -0.4 is 0 Å². The Bertz CT molecular complexity index is 228. The Morgan fingerprint density at radius 2 is 0.773 bits per heavy atom. The van der Waals surface area contributed by atoms with E-state index >= 15 is 0 Å². The van der Waals surface area contributed by atoms with Crippen LogP contribution in [-0.4, -0.2) is 29.5 Å². The minimum atomic E-state index is -2.42. The summed E-state index contributed by atoms with van der Waals surface area (Å²) < 4.78 is 0. The molecule has 1 nitrogen and oxygen atoms in total. The number of hydrogen-bond donors (Lipinski definition) is 1. The van der Waals surface area contributed by atoms with Crippen molar-refractivity contribution in [2.24, 2.45) is 0 Å². The molecule has 0 bridgehead atoms. The summed E-state index contributed by atoms with van der Waals surface area (Å²) in [6, 6.07) is 0. The third-order valence-corrected chi connectivity index (χ3v) is 11.2. The van der Waals surface area contributed by atoms with Crippen LogP contribution in [0.2, 0.25) is 0 Å². The van der Waals surface area contributed by atoms with Gasteiger partial charge in [-0.25, -0.2) is 0 Å². The van der Waals surface area contributed by atoms with Crippen molar-refractivity contribution in [3.8, 4) is 0 Å².